The van der Waals surface area contributed by atoms with E-state index in [1.807, 2.05) is 6.92 Å². The number of halogens is 3. The van der Waals surface area contributed by atoms with E-state index >= 15 is 0 Å². The molecule has 0 radical (unpaired) electrons. The summed E-state index contributed by atoms with van der Waals surface area (Å²) in [5.74, 6) is 0.158. The Hall–Kier alpha value is -2.72. The summed E-state index contributed by atoms with van der Waals surface area (Å²) < 4.78 is 70.9. The lowest BCUT2D eigenvalue weighted by Gasteiger charge is -2.30. The van der Waals surface area contributed by atoms with Crippen molar-refractivity contribution in [3.8, 4) is 11.4 Å². The van der Waals surface area contributed by atoms with Crippen molar-refractivity contribution in [2.24, 2.45) is 0 Å². The number of aryl methyl sites for hydroxylation is 1. The van der Waals surface area contributed by atoms with E-state index in [1.54, 1.807) is 24.3 Å². The molecule has 2 aromatic carbocycles. The van der Waals surface area contributed by atoms with Crippen molar-refractivity contribution < 1.29 is 26.1 Å². The minimum atomic E-state index is -4.42. The molecule has 4 rings (SSSR count). The zero-order valence-electron chi connectivity index (χ0n) is 16.6. The third-order valence-electron chi connectivity index (χ3n) is 5.30. The second kappa shape index (κ2) is 8.08. The van der Waals surface area contributed by atoms with Gasteiger partial charge in [-0.25, -0.2) is 8.42 Å². The Morgan fingerprint density at radius 2 is 1.74 bits per heavy atom. The van der Waals surface area contributed by atoms with Crippen LogP contribution in [0.5, 0.6) is 0 Å². The minimum absolute atomic E-state index is 0.169. The molecule has 0 unspecified atom stereocenters. The Balaban J connectivity index is 1.52. The first-order chi connectivity index (χ1) is 14.6. The lowest BCUT2D eigenvalue weighted by atomic mass is 10.00. The lowest BCUT2D eigenvalue weighted by Crippen LogP contribution is -2.39. The van der Waals surface area contributed by atoms with Gasteiger partial charge in [-0.15, -0.1) is 0 Å². The Morgan fingerprint density at radius 1 is 1.06 bits per heavy atom. The van der Waals surface area contributed by atoms with Gasteiger partial charge in [-0.3, -0.25) is 0 Å². The molecule has 1 aliphatic rings. The van der Waals surface area contributed by atoms with E-state index in [1.165, 1.54) is 16.4 Å². The first-order valence-electron chi connectivity index (χ1n) is 9.72. The van der Waals surface area contributed by atoms with E-state index in [-0.39, 0.29) is 29.1 Å². The number of alkyl halides is 3. The van der Waals surface area contributed by atoms with Gasteiger partial charge in [-0.2, -0.15) is 22.5 Å². The molecule has 10 heteroatoms. The third kappa shape index (κ3) is 4.49. The highest BCUT2D eigenvalue weighted by atomic mass is 32.2. The molecule has 2 heterocycles. The van der Waals surface area contributed by atoms with Gasteiger partial charge in [-0.05, 0) is 44.0 Å². The van der Waals surface area contributed by atoms with Crippen LogP contribution in [0, 0.1) is 6.92 Å². The van der Waals surface area contributed by atoms with Crippen LogP contribution in [0.25, 0.3) is 11.4 Å². The van der Waals surface area contributed by atoms with Crippen molar-refractivity contribution >= 4 is 10.0 Å². The van der Waals surface area contributed by atoms with Gasteiger partial charge in [0, 0.05) is 18.7 Å². The van der Waals surface area contributed by atoms with Gasteiger partial charge in [0.05, 0.1) is 16.4 Å². The summed E-state index contributed by atoms with van der Waals surface area (Å²) in [4.78, 5) is 4.55. The average molecular weight is 451 g/mol. The van der Waals surface area contributed by atoms with E-state index < -0.39 is 21.8 Å². The Bertz CT molecular complexity index is 1160. The van der Waals surface area contributed by atoms with Crippen molar-refractivity contribution in [3.63, 3.8) is 0 Å². The quantitative estimate of drug-likeness (QED) is 0.578. The van der Waals surface area contributed by atoms with Crippen molar-refractivity contribution in [2.75, 3.05) is 13.1 Å². The Kier molecular flexibility index (Phi) is 5.61. The highest BCUT2D eigenvalue weighted by Crippen LogP contribution is 2.32. The molecule has 0 spiro atoms. The van der Waals surface area contributed by atoms with Gasteiger partial charge in [0.15, 0.2) is 0 Å². The molecule has 0 amide bonds. The number of sulfonamides is 1. The standard InChI is InChI=1S/C21H20F3N3O3S/c1-14-4-10-18(11-5-14)31(28,29)27-12-2-3-16(13-27)20-25-19(26-30-20)15-6-8-17(9-7-15)21(22,23)24/h4-11,16H,2-3,12-13H2,1H3/t16-/m0/s1. The summed E-state index contributed by atoms with van der Waals surface area (Å²) in [6, 6.07) is 11.2. The molecule has 6 nitrogen and oxygen atoms in total. The van der Waals surface area contributed by atoms with E-state index in [4.69, 9.17) is 4.52 Å². The van der Waals surface area contributed by atoms with E-state index in [0.717, 1.165) is 17.7 Å². The van der Waals surface area contributed by atoms with Crippen molar-refractivity contribution in [1.82, 2.24) is 14.4 Å². The highest BCUT2D eigenvalue weighted by Gasteiger charge is 2.34. The second-order valence-corrected chi connectivity index (χ2v) is 9.48. The smallest absolute Gasteiger partial charge is 0.339 e. The van der Waals surface area contributed by atoms with Crippen molar-refractivity contribution in [3.05, 3.63) is 65.5 Å². The van der Waals surface area contributed by atoms with Crippen LogP contribution in [0.15, 0.2) is 57.9 Å². The third-order valence-corrected chi connectivity index (χ3v) is 7.18. The van der Waals surface area contributed by atoms with Crippen LogP contribution in [0.1, 0.15) is 35.8 Å². The maximum absolute atomic E-state index is 13.0. The molecule has 0 N–H and O–H groups in total. The lowest BCUT2D eigenvalue weighted by molar-refractivity contribution is -0.137. The molecule has 1 aliphatic heterocycles. The van der Waals surface area contributed by atoms with E-state index in [2.05, 4.69) is 10.1 Å². The average Bonchev–Trinajstić information content (AvgIpc) is 3.24. The number of rotatable bonds is 4. The van der Waals surface area contributed by atoms with Crippen LogP contribution in [0.2, 0.25) is 0 Å². The number of aromatic nitrogens is 2. The molecule has 1 aromatic heterocycles. The van der Waals surface area contributed by atoms with Gasteiger partial charge >= 0.3 is 6.18 Å². The fourth-order valence-electron chi connectivity index (χ4n) is 3.55. The first-order valence-corrected chi connectivity index (χ1v) is 11.2. The predicted octanol–water partition coefficient (Wildman–Crippen LogP) is 4.63. The maximum Gasteiger partial charge on any atom is 0.416 e. The van der Waals surface area contributed by atoms with Gasteiger partial charge in [0.25, 0.3) is 0 Å². The van der Waals surface area contributed by atoms with Crippen LogP contribution in [0.4, 0.5) is 13.2 Å². The van der Waals surface area contributed by atoms with Gasteiger partial charge in [-0.1, -0.05) is 35.0 Å². The molecule has 0 aliphatic carbocycles. The largest absolute Gasteiger partial charge is 0.416 e. The zero-order valence-corrected chi connectivity index (χ0v) is 17.4. The molecule has 1 atom stereocenters. The number of nitrogens with zero attached hydrogens (tertiary/aromatic N) is 3. The van der Waals surface area contributed by atoms with Gasteiger partial charge < -0.3 is 4.52 Å². The zero-order chi connectivity index (χ0) is 22.2. The van der Waals surface area contributed by atoms with Crippen LogP contribution in [-0.4, -0.2) is 36.0 Å². The van der Waals surface area contributed by atoms with Crippen LogP contribution in [-0.2, 0) is 16.2 Å². The van der Waals surface area contributed by atoms with Crippen LogP contribution < -0.4 is 0 Å². The van der Waals surface area contributed by atoms with Crippen molar-refractivity contribution in [1.29, 1.82) is 0 Å². The number of hydrogen-bond donors (Lipinski definition) is 0. The fraction of sp³-hybridized carbons (Fsp3) is 0.333. The molecule has 164 valence electrons. The number of benzene rings is 2. The van der Waals surface area contributed by atoms with Crippen LogP contribution in [0.3, 0.4) is 0 Å². The number of hydrogen-bond acceptors (Lipinski definition) is 5. The van der Waals surface area contributed by atoms with Gasteiger partial charge in [0.2, 0.25) is 21.7 Å². The van der Waals surface area contributed by atoms with Gasteiger partial charge in [0.1, 0.15) is 0 Å². The molecule has 3 aromatic rings. The SMILES string of the molecule is Cc1ccc(S(=O)(=O)N2CCC[C@H](c3nc(-c4ccc(C(F)(F)F)cc4)no3)C2)cc1. The molecule has 0 saturated carbocycles. The minimum Gasteiger partial charge on any atom is -0.339 e. The molecule has 1 saturated heterocycles. The topological polar surface area (TPSA) is 76.3 Å². The Morgan fingerprint density at radius 3 is 2.39 bits per heavy atom. The summed E-state index contributed by atoms with van der Waals surface area (Å²) in [5, 5.41) is 3.87. The number of piperidine rings is 1. The molecule has 31 heavy (non-hydrogen) atoms. The summed E-state index contributed by atoms with van der Waals surface area (Å²) >= 11 is 0. The predicted molar refractivity (Wildman–Crippen MR) is 107 cm³/mol. The summed E-state index contributed by atoms with van der Waals surface area (Å²) in [7, 11) is -3.65. The molecular formula is C21H20F3N3O3S. The first kappa shape index (κ1) is 21.5. The van der Waals surface area contributed by atoms with E-state index in [9.17, 15) is 21.6 Å². The molecular weight excluding hydrogens is 431 g/mol. The van der Waals surface area contributed by atoms with Crippen molar-refractivity contribution in [2.45, 2.75) is 36.8 Å². The fourth-order valence-corrected chi connectivity index (χ4v) is 5.07. The van der Waals surface area contributed by atoms with E-state index in [0.29, 0.717) is 24.9 Å². The molecule has 1 fully saturated rings. The summed E-state index contributed by atoms with van der Waals surface area (Å²) in [5.41, 5.74) is 0.601. The highest BCUT2D eigenvalue weighted by molar-refractivity contribution is 7.89. The summed E-state index contributed by atoms with van der Waals surface area (Å²) in [6.45, 7) is 2.48. The second-order valence-electron chi connectivity index (χ2n) is 7.55. The van der Waals surface area contributed by atoms with Crippen LogP contribution >= 0.6 is 0 Å². The molecule has 0 bridgehead atoms. The normalized spacial score (nSPS) is 18.3. The maximum atomic E-state index is 13.0. The monoisotopic (exact) mass is 451 g/mol. The summed E-state index contributed by atoms with van der Waals surface area (Å²) in [6.07, 6.45) is -3.11. The Labute approximate surface area is 177 Å².